The summed E-state index contributed by atoms with van der Waals surface area (Å²) in [6.45, 7) is 5.12. The van der Waals surface area contributed by atoms with Crippen LogP contribution in [0.25, 0.3) is 0 Å². The van der Waals surface area contributed by atoms with Crippen LogP contribution in [0, 0.1) is 0 Å². The van der Waals surface area contributed by atoms with Crippen LogP contribution in [-0.2, 0) is 11.3 Å². The second kappa shape index (κ2) is 6.71. The van der Waals surface area contributed by atoms with E-state index in [-0.39, 0.29) is 5.78 Å². The molecule has 0 aromatic heterocycles. The molecule has 1 rings (SSSR count). The molecular weight excluding hydrogens is 218 g/mol. The van der Waals surface area contributed by atoms with Gasteiger partial charge in [-0.25, -0.2) is 0 Å². The van der Waals surface area contributed by atoms with Crippen molar-refractivity contribution in [2.75, 3.05) is 19.3 Å². The second-order valence-corrected chi connectivity index (χ2v) is 5.29. The molecule has 0 heterocycles. The molecule has 16 heavy (non-hydrogen) atoms. The van der Waals surface area contributed by atoms with Crippen molar-refractivity contribution in [1.82, 2.24) is 4.90 Å². The molecule has 0 aliphatic heterocycles. The minimum Gasteiger partial charge on any atom is -0.299 e. The van der Waals surface area contributed by atoms with Gasteiger partial charge in [-0.15, -0.1) is 11.8 Å². The lowest BCUT2D eigenvalue weighted by Crippen LogP contribution is -2.23. The van der Waals surface area contributed by atoms with Gasteiger partial charge in [-0.05, 0) is 37.4 Å². The molecule has 0 radical (unpaired) electrons. The van der Waals surface area contributed by atoms with Crippen LogP contribution in [0.4, 0.5) is 0 Å². The Morgan fingerprint density at radius 2 is 1.94 bits per heavy atom. The van der Waals surface area contributed by atoms with Gasteiger partial charge in [-0.3, -0.25) is 9.69 Å². The number of thioether (sulfide) groups is 1. The van der Waals surface area contributed by atoms with Crippen LogP contribution in [0.2, 0.25) is 0 Å². The van der Waals surface area contributed by atoms with Gasteiger partial charge in [0.05, 0.1) is 6.54 Å². The lowest BCUT2D eigenvalue weighted by Gasteiger charge is -2.14. The molecule has 1 aromatic carbocycles. The van der Waals surface area contributed by atoms with E-state index in [1.54, 1.807) is 6.92 Å². The zero-order valence-electron chi connectivity index (χ0n) is 10.2. The van der Waals surface area contributed by atoms with Gasteiger partial charge in [0.15, 0.2) is 0 Å². The molecule has 0 saturated heterocycles. The molecule has 0 N–H and O–H groups in total. The number of carbonyl (C=O) groups is 1. The number of ketones is 1. The molecule has 0 bridgehead atoms. The first-order chi connectivity index (χ1) is 7.61. The summed E-state index contributed by atoms with van der Waals surface area (Å²) >= 11 is 1.85. The van der Waals surface area contributed by atoms with Crippen LogP contribution in [0.3, 0.4) is 0 Å². The smallest absolute Gasteiger partial charge is 0.143 e. The zero-order chi connectivity index (χ0) is 12.0. The van der Waals surface area contributed by atoms with E-state index in [0.29, 0.717) is 6.54 Å². The average Bonchev–Trinajstić information content (AvgIpc) is 2.20. The first-order valence-electron chi connectivity index (χ1n) is 5.51. The Kier molecular flexibility index (Phi) is 5.56. The van der Waals surface area contributed by atoms with Crippen LogP contribution in [0.1, 0.15) is 19.4 Å². The van der Waals surface area contributed by atoms with Gasteiger partial charge < -0.3 is 0 Å². The van der Waals surface area contributed by atoms with E-state index in [4.69, 9.17) is 0 Å². The molecule has 0 saturated carbocycles. The van der Waals surface area contributed by atoms with Crippen molar-refractivity contribution in [3.8, 4) is 0 Å². The topological polar surface area (TPSA) is 20.3 Å². The summed E-state index contributed by atoms with van der Waals surface area (Å²) in [5, 5.41) is 0. The number of rotatable bonds is 6. The number of hydrogen-bond acceptors (Lipinski definition) is 3. The summed E-state index contributed by atoms with van der Waals surface area (Å²) < 4.78 is 0. The molecule has 0 amide bonds. The molecule has 88 valence electrons. The number of benzene rings is 1. The van der Waals surface area contributed by atoms with Crippen molar-refractivity contribution < 1.29 is 4.79 Å². The Hall–Kier alpha value is -0.800. The zero-order valence-corrected chi connectivity index (χ0v) is 11.0. The Bertz CT molecular complexity index is 334. The standard InChI is InChI=1S/C13H19NOS/c1-4-16-13-7-5-12(6-8-13)10-14(3)9-11(2)15/h5-8H,4,9-10H2,1-3H3. The number of likely N-dealkylation sites (N-methyl/N-ethyl adjacent to an activating group) is 1. The number of carbonyl (C=O) groups excluding carboxylic acids is 1. The Morgan fingerprint density at radius 1 is 1.31 bits per heavy atom. The Balaban J connectivity index is 2.51. The van der Waals surface area contributed by atoms with Gasteiger partial charge in [0.2, 0.25) is 0 Å². The van der Waals surface area contributed by atoms with Gasteiger partial charge in [0, 0.05) is 11.4 Å². The van der Waals surface area contributed by atoms with E-state index < -0.39 is 0 Å². The fourth-order valence-electron chi connectivity index (χ4n) is 1.61. The van der Waals surface area contributed by atoms with E-state index in [1.165, 1.54) is 10.5 Å². The maximum Gasteiger partial charge on any atom is 0.143 e. The van der Waals surface area contributed by atoms with Crippen LogP contribution < -0.4 is 0 Å². The first-order valence-corrected chi connectivity index (χ1v) is 6.50. The highest BCUT2D eigenvalue weighted by molar-refractivity contribution is 7.99. The monoisotopic (exact) mass is 237 g/mol. The largest absolute Gasteiger partial charge is 0.299 e. The minimum atomic E-state index is 0.209. The molecule has 0 aliphatic rings. The average molecular weight is 237 g/mol. The fraction of sp³-hybridized carbons (Fsp3) is 0.462. The maximum absolute atomic E-state index is 10.9. The lowest BCUT2D eigenvalue weighted by atomic mass is 10.2. The van der Waals surface area contributed by atoms with Crippen molar-refractivity contribution in [2.45, 2.75) is 25.3 Å². The van der Waals surface area contributed by atoms with Crippen molar-refractivity contribution in [1.29, 1.82) is 0 Å². The maximum atomic E-state index is 10.9. The van der Waals surface area contributed by atoms with Crippen LogP contribution >= 0.6 is 11.8 Å². The van der Waals surface area contributed by atoms with Crippen LogP contribution in [0.15, 0.2) is 29.2 Å². The predicted molar refractivity (Wildman–Crippen MR) is 69.9 cm³/mol. The molecule has 0 atom stereocenters. The Labute approximate surface area is 102 Å². The van der Waals surface area contributed by atoms with Crippen LogP contribution in [-0.4, -0.2) is 30.0 Å². The van der Waals surface area contributed by atoms with Crippen molar-refractivity contribution in [3.05, 3.63) is 29.8 Å². The van der Waals surface area contributed by atoms with Gasteiger partial charge in [0.1, 0.15) is 5.78 Å². The molecule has 0 fully saturated rings. The normalized spacial score (nSPS) is 10.8. The van der Waals surface area contributed by atoms with Crippen molar-refractivity contribution in [2.24, 2.45) is 0 Å². The highest BCUT2D eigenvalue weighted by Gasteiger charge is 2.02. The van der Waals surface area contributed by atoms with E-state index in [0.717, 1.165) is 12.3 Å². The fourth-order valence-corrected chi connectivity index (χ4v) is 2.27. The van der Waals surface area contributed by atoms with Crippen molar-refractivity contribution in [3.63, 3.8) is 0 Å². The molecular formula is C13H19NOS. The van der Waals surface area contributed by atoms with E-state index in [1.807, 2.05) is 23.7 Å². The number of Topliss-reactive ketones (excluding diaryl/α,β-unsaturated/α-hetero) is 1. The summed E-state index contributed by atoms with van der Waals surface area (Å²) in [6, 6.07) is 8.56. The quantitative estimate of drug-likeness (QED) is 0.710. The molecule has 2 nitrogen and oxygen atoms in total. The van der Waals surface area contributed by atoms with Gasteiger partial charge in [-0.2, -0.15) is 0 Å². The van der Waals surface area contributed by atoms with Crippen LogP contribution in [0.5, 0.6) is 0 Å². The summed E-state index contributed by atoms with van der Waals surface area (Å²) in [5.41, 5.74) is 1.25. The second-order valence-electron chi connectivity index (χ2n) is 3.95. The summed E-state index contributed by atoms with van der Waals surface area (Å²) in [7, 11) is 1.97. The SMILES string of the molecule is CCSc1ccc(CN(C)CC(C)=O)cc1. The molecule has 1 aromatic rings. The van der Waals surface area contributed by atoms with E-state index in [9.17, 15) is 4.79 Å². The highest BCUT2D eigenvalue weighted by Crippen LogP contribution is 2.18. The summed E-state index contributed by atoms with van der Waals surface area (Å²) in [6.07, 6.45) is 0. The predicted octanol–water partition coefficient (Wildman–Crippen LogP) is 2.82. The highest BCUT2D eigenvalue weighted by atomic mass is 32.2. The summed E-state index contributed by atoms with van der Waals surface area (Å²) in [4.78, 5) is 14.3. The van der Waals surface area contributed by atoms with Crippen molar-refractivity contribution >= 4 is 17.5 Å². The number of nitrogens with zero attached hydrogens (tertiary/aromatic N) is 1. The Morgan fingerprint density at radius 3 is 2.44 bits per heavy atom. The third kappa shape index (κ3) is 4.81. The minimum absolute atomic E-state index is 0.209. The van der Waals surface area contributed by atoms with Gasteiger partial charge in [-0.1, -0.05) is 19.1 Å². The molecule has 0 aliphatic carbocycles. The first kappa shape index (κ1) is 13.3. The third-order valence-corrected chi connectivity index (χ3v) is 3.07. The van der Waals surface area contributed by atoms with Gasteiger partial charge in [0.25, 0.3) is 0 Å². The molecule has 0 spiro atoms. The summed E-state index contributed by atoms with van der Waals surface area (Å²) in [5.74, 6) is 1.31. The molecule has 0 unspecified atom stereocenters. The third-order valence-electron chi connectivity index (χ3n) is 2.18. The van der Waals surface area contributed by atoms with E-state index in [2.05, 4.69) is 31.2 Å². The van der Waals surface area contributed by atoms with Gasteiger partial charge >= 0.3 is 0 Å². The van der Waals surface area contributed by atoms with E-state index >= 15 is 0 Å². The molecule has 3 heteroatoms. The lowest BCUT2D eigenvalue weighted by molar-refractivity contribution is -0.117. The number of hydrogen-bond donors (Lipinski definition) is 0.